The van der Waals surface area contributed by atoms with E-state index in [4.69, 9.17) is 9.47 Å². The molecular formula is C19H32N4O2. The highest BCUT2D eigenvalue weighted by Gasteiger charge is 2.18. The first-order valence-corrected chi connectivity index (χ1v) is 9.04. The Hall–Kier alpha value is -1.79. The lowest BCUT2D eigenvalue weighted by atomic mass is 9.97. The maximum Gasteiger partial charge on any atom is 0.191 e. The first-order valence-electron chi connectivity index (χ1n) is 9.04. The first kappa shape index (κ1) is 19.5. The van der Waals surface area contributed by atoms with Crippen LogP contribution < -0.4 is 15.4 Å². The van der Waals surface area contributed by atoms with Crippen LogP contribution in [0.15, 0.2) is 29.3 Å². The summed E-state index contributed by atoms with van der Waals surface area (Å²) >= 11 is 0. The number of rotatable bonds is 8. The number of likely N-dealkylation sites (tertiary alicyclic amines) is 1. The molecule has 0 atom stereocenters. The van der Waals surface area contributed by atoms with E-state index >= 15 is 0 Å². The van der Waals surface area contributed by atoms with Crippen LogP contribution in [0.2, 0.25) is 0 Å². The molecule has 0 amide bonds. The third kappa shape index (κ3) is 6.92. The lowest BCUT2D eigenvalue weighted by Gasteiger charge is -2.32. The summed E-state index contributed by atoms with van der Waals surface area (Å²) in [5.41, 5.74) is 1.17. The number of benzene rings is 1. The average Bonchev–Trinajstić information content (AvgIpc) is 2.67. The molecule has 0 radical (unpaired) electrons. The van der Waals surface area contributed by atoms with Gasteiger partial charge >= 0.3 is 0 Å². The molecule has 1 heterocycles. The molecule has 140 valence electrons. The van der Waals surface area contributed by atoms with E-state index in [1.807, 2.05) is 25.2 Å². The maximum atomic E-state index is 5.26. The Bertz CT molecular complexity index is 528. The number of ether oxygens (including phenoxy) is 2. The molecule has 0 aliphatic carbocycles. The van der Waals surface area contributed by atoms with Crippen molar-refractivity contribution in [2.45, 2.75) is 19.4 Å². The summed E-state index contributed by atoms with van der Waals surface area (Å²) < 4.78 is 10.4. The standard InChI is InChI=1S/C19H32N4O2/c1-20-19(22-15-17-5-4-6-18(13-17)25-3)21-14-16-7-9-23(10-8-16)11-12-24-2/h4-6,13,16H,7-12,14-15H2,1-3H3,(H2,20,21,22). The summed E-state index contributed by atoms with van der Waals surface area (Å²) in [6.07, 6.45) is 2.45. The molecule has 0 spiro atoms. The van der Waals surface area contributed by atoms with Crippen LogP contribution in [-0.2, 0) is 11.3 Å². The number of guanidine groups is 1. The molecule has 0 unspecified atom stereocenters. The van der Waals surface area contributed by atoms with Gasteiger partial charge in [0.05, 0.1) is 13.7 Å². The van der Waals surface area contributed by atoms with Gasteiger partial charge in [0, 0.05) is 33.8 Å². The van der Waals surface area contributed by atoms with Gasteiger partial charge in [-0.25, -0.2) is 0 Å². The van der Waals surface area contributed by atoms with Gasteiger partial charge in [-0.1, -0.05) is 12.1 Å². The van der Waals surface area contributed by atoms with Gasteiger partial charge in [-0.05, 0) is 49.5 Å². The van der Waals surface area contributed by atoms with Crippen LogP contribution in [0.25, 0.3) is 0 Å². The summed E-state index contributed by atoms with van der Waals surface area (Å²) in [7, 11) is 5.27. The number of hydrogen-bond acceptors (Lipinski definition) is 4. The highest BCUT2D eigenvalue weighted by atomic mass is 16.5. The molecule has 1 saturated heterocycles. The maximum absolute atomic E-state index is 5.26. The highest BCUT2D eigenvalue weighted by Crippen LogP contribution is 2.16. The van der Waals surface area contributed by atoms with E-state index in [1.165, 1.54) is 18.4 Å². The van der Waals surface area contributed by atoms with E-state index in [2.05, 4.69) is 26.6 Å². The fourth-order valence-corrected chi connectivity index (χ4v) is 3.06. The van der Waals surface area contributed by atoms with Gasteiger partial charge < -0.3 is 25.0 Å². The monoisotopic (exact) mass is 348 g/mol. The molecule has 1 aromatic carbocycles. The molecular weight excluding hydrogens is 316 g/mol. The SMILES string of the molecule is CN=C(NCc1cccc(OC)c1)NCC1CCN(CCOC)CC1. The van der Waals surface area contributed by atoms with Crippen molar-refractivity contribution in [2.24, 2.45) is 10.9 Å². The molecule has 25 heavy (non-hydrogen) atoms. The Morgan fingerprint density at radius 1 is 1.24 bits per heavy atom. The van der Waals surface area contributed by atoms with E-state index < -0.39 is 0 Å². The van der Waals surface area contributed by atoms with E-state index in [0.29, 0.717) is 5.92 Å². The third-order valence-electron chi connectivity index (χ3n) is 4.69. The molecule has 0 aromatic heterocycles. The predicted molar refractivity (Wildman–Crippen MR) is 102 cm³/mol. The fourth-order valence-electron chi connectivity index (χ4n) is 3.06. The van der Waals surface area contributed by atoms with Gasteiger partial charge in [0.1, 0.15) is 5.75 Å². The van der Waals surface area contributed by atoms with Crippen LogP contribution in [0.3, 0.4) is 0 Å². The normalized spacial score (nSPS) is 16.7. The zero-order chi connectivity index (χ0) is 17.9. The van der Waals surface area contributed by atoms with Gasteiger partial charge in [-0.2, -0.15) is 0 Å². The minimum Gasteiger partial charge on any atom is -0.497 e. The zero-order valence-electron chi connectivity index (χ0n) is 15.8. The number of hydrogen-bond donors (Lipinski definition) is 2. The van der Waals surface area contributed by atoms with Crippen LogP contribution in [0.5, 0.6) is 5.75 Å². The number of methoxy groups -OCH3 is 2. The summed E-state index contributed by atoms with van der Waals surface area (Å²) in [6.45, 7) is 5.88. The summed E-state index contributed by atoms with van der Waals surface area (Å²) in [6, 6.07) is 8.08. The van der Waals surface area contributed by atoms with Crippen LogP contribution >= 0.6 is 0 Å². The smallest absolute Gasteiger partial charge is 0.191 e. The average molecular weight is 348 g/mol. The number of nitrogens with zero attached hydrogens (tertiary/aromatic N) is 2. The van der Waals surface area contributed by atoms with Crippen molar-refractivity contribution in [1.29, 1.82) is 0 Å². The van der Waals surface area contributed by atoms with Gasteiger partial charge in [0.15, 0.2) is 5.96 Å². The first-order chi connectivity index (χ1) is 12.2. The van der Waals surface area contributed by atoms with E-state index in [0.717, 1.165) is 51.0 Å². The largest absolute Gasteiger partial charge is 0.497 e. The van der Waals surface area contributed by atoms with Crippen LogP contribution in [0, 0.1) is 5.92 Å². The molecule has 0 bridgehead atoms. The molecule has 0 saturated carbocycles. The number of nitrogens with one attached hydrogen (secondary N) is 2. The highest BCUT2D eigenvalue weighted by molar-refractivity contribution is 5.79. The van der Waals surface area contributed by atoms with E-state index in [-0.39, 0.29) is 0 Å². The molecule has 1 fully saturated rings. The molecule has 1 aromatic rings. The summed E-state index contributed by atoms with van der Waals surface area (Å²) in [4.78, 5) is 6.80. The fraction of sp³-hybridized carbons (Fsp3) is 0.632. The van der Waals surface area contributed by atoms with Crippen LogP contribution in [0.4, 0.5) is 0 Å². The minimum absolute atomic E-state index is 0.703. The molecule has 1 aliphatic heterocycles. The third-order valence-corrected chi connectivity index (χ3v) is 4.69. The van der Waals surface area contributed by atoms with Gasteiger partial charge in [-0.15, -0.1) is 0 Å². The quantitative estimate of drug-likeness (QED) is 0.553. The van der Waals surface area contributed by atoms with Crippen LogP contribution in [0.1, 0.15) is 18.4 Å². The molecule has 2 rings (SSSR count). The van der Waals surface area contributed by atoms with Gasteiger partial charge in [-0.3, -0.25) is 4.99 Å². The molecule has 2 N–H and O–H groups in total. The van der Waals surface area contributed by atoms with Crippen molar-refractivity contribution in [2.75, 3.05) is 54.1 Å². The van der Waals surface area contributed by atoms with Crippen molar-refractivity contribution in [3.05, 3.63) is 29.8 Å². The van der Waals surface area contributed by atoms with Crippen molar-refractivity contribution < 1.29 is 9.47 Å². The van der Waals surface area contributed by atoms with Crippen LogP contribution in [-0.4, -0.2) is 64.9 Å². The zero-order valence-corrected chi connectivity index (χ0v) is 15.8. The summed E-state index contributed by atoms with van der Waals surface area (Å²) in [5, 5.41) is 6.83. The Morgan fingerprint density at radius 2 is 2.04 bits per heavy atom. The van der Waals surface area contributed by atoms with Crippen molar-refractivity contribution in [3.63, 3.8) is 0 Å². The number of piperidine rings is 1. The summed E-state index contributed by atoms with van der Waals surface area (Å²) in [5.74, 6) is 2.43. The van der Waals surface area contributed by atoms with Crippen molar-refractivity contribution in [3.8, 4) is 5.75 Å². The van der Waals surface area contributed by atoms with Gasteiger partial charge in [0.25, 0.3) is 0 Å². The Kier molecular flexibility index (Phi) is 8.55. The second kappa shape index (κ2) is 10.9. The van der Waals surface area contributed by atoms with Gasteiger partial charge in [0.2, 0.25) is 0 Å². The minimum atomic E-state index is 0.703. The Morgan fingerprint density at radius 3 is 2.72 bits per heavy atom. The van der Waals surface area contributed by atoms with E-state index in [1.54, 1.807) is 14.2 Å². The predicted octanol–water partition coefficient (Wildman–Crippen LogP) is 1.72. The van der Waals surface area contributed by atoms with E-state index in [9.17, 15) is 0 Å². The topological polar surface area (TPSA) is 58.1 Å². The van der Waals surface area contributed by atoms with Crippen molar-refractivity contribution >= 4 is 5.96 Å². The second-order valence-electron chi connectivity index (χ2n) is 6.44. The molecule has 6 nitrogen and oxygen atoms in total. The van der Waals surface area contributed by atoms with Crippen molar-refractivity contribution in [1.82, 2.24) is 15.5 Å². The number of aliphatic imine (C=N–C) groups is 1. The Balaban J connectivity index is 1.68. The lowest BCUT2D eigenvalue weighted by molar-refractivity contribution is 0.121. The second-order valence-corrected chi connectivity index (χ2v) is 6.44. The Labute approximate surface area is 151 Å². The molecule has 6 heteroatoms. The lowest BCUT2D eigenvalue weighted by Crippen LogP contribution is -2.43. The molecule has 1 aliphatic rings.